The Morgan fingerprint density at radius 2 is 1.50 bits per heavy atom. The van der Waals surface area contributed by atoms with Crippen molar-refractivity contribution in [2.45, 2.75) is 25.3 Å². The van der Waals surface area contributed by atoms with Gasteiger partial charge in [-0.2, -0.15) is 0 Å². The second kappa shape index (κ2) is 11.1. The fraction of sp³-hybridized carbons (Fsp3) is 0.462. The summed E-state index contributed by atoms with van der Waals surface area (Å²) in [5.74, 6) is 1.97. The van der Waals surface area contributed by atoms with Gasteiger partial charge in [0.15, 0.2) is 18.1 Å². The van der Waals surface area contributed by atoms with Crippen molar-refractivity contribution >= 4 is 17.5 Å². The number of piperazine rings is 1. The smallest absolute Gasteiger partial charge is 0.260 e. The fourth-order valence-electron chi connectivity index (χ4n) is 4.32. The summed E-state index contributed by atoms with van der Waals surface area (Å²) >= 11 is 0. The molecule has 2 aromatic rings. The molecule has 0 bridgehead atoms. The number of anilines is 1. The Kier molecular flexibility index (Phi) is 7.77. The molecule has 0 spiro atoms. The third-order valence-electron chi connectivity index (χ3n) is 6.35. The van der Waals surface area contributed by atoms with Crippen LogP contribution in [0, 0.1) is 0 Å². The maximum absolute atomic E-state index is 12.9. The van der Waals surface area contributed by atoms with Crippen LogP contribution < -0.4 is 19.1 Å². The minimum absolute atomic E-state index is 0.0668. The first-order valence-corrected chi connectivity index (χ1v) is 11.8. The van der Waals surface area contributed by atoms with Crippen molar-refractivity contribution in [2.24, 2.45) is 0 Å². The Morgan fingerprint density at radius 1 is 0.882 bits per heavy atom. The van der Waals surface area contributed by atoms with Crippen LogP contribution in [-0.2, 0) is 9.59 Å². The summed E-state index contributed by atoms with van der Waals surface area (Å²) in [4.78, 5) is 31.7. The SMILES string of the molecule is COc1ccccc1OCC(=O)N(CCC(=O)N1CCN(c2ccccc2OC)CC1)C1CC1. The molecule has 0 atom stereocenters. The molecular weight excluding hydrogens is 434 g/mol. The third kappa shape index (κ3) is 5.73. The molecular formula is C26H33N3O5. The maximum Gasteiger partial charge on any atom is 0.260 e. The molecule has 1 saturated carbocycles. The number of carbonyl (C=O) groups is 2. The number of hydrogen-bond donors (Lipinski definition) is 0. The average Bonchev–Trinajstić information content (AvgIpc) is 3.73. The van der Waals surface area contributed by atoms with Gasteiger partial charge in [0.2, 0.25) is 5.91 Å². The molecule has 2 aliphatic rings. The molecule has 0 N–H and O–H groups in total. The Bertz CT molecular complexity index is 986. The zero-order chi connectivity index (χ0) is 23.9. The van der Waals surface area contributed by atoms with E-state index < -0.39 is 0 Å². The number of ether oxygens (including phenoxy) is 3. The molecule has 8 nitrogen and oxygen atoms in total. The van der Waals surface area contributed by atoms with Gasteiger partial charge in [-0.1, -0.05) is 24.3 Å². The first-order valence-electron chi connectivity index (χ1n) is 11.8. The van der Waals surface area contributed by atoms with Gasteiger partial charge in [-0.3, -0.25) is 9.59 Å². The van der Waals surface area contributed by atoms with E-state index in [1.807, 2.05) is 41.3 Å². The largest absolute Gasteiger partial charge is 0.495 e. The third-order valence-corrected chi connectivity index (χ3v) is 6.35. The Labute approximate surface area is 201 Å². The summed E-state index contributed by atoms with van der Waals surface area (Å²) in [5, 5.41) is 0. The summed E-state index contributed by atoms with van der Waals surface area (Å²) in [6, 6.07) is 15.4. The number of rotatable bonds is 10. The number of methoxy groups -OCH3 is 2. The van der Waals surface area contributed by atoms with E-state index in [-0.39, 0.29) is 24.5 Å². The van der Waals surface area contributed by atoms with Crippen molar-refractivity contribution in [3.8, 4) is 17.2 Å². The number of hydrogen-bond acceptors (Lipinski definition) is 6. The highest BCUT2D eigenvalue weighted by atomic mass is 16.5. The van der Waals surface area contributed by atoms with Gasteiger partial charge in [0, 0.05) is 45.2 Å². The zero-order valence-corrected chi connectivity index (χ0v) is 19.9. The highest BCUT2D eigenvalue weighted by Crippen LogP contribution is 2.30. The summed E-state index contributed by atoms with van der Waals surface area (Å²) < 4.78 is 16.5. The molecule has 182 valence electrons. The van der Waals surface area contributed by atoms with E-state index in [0.29, 0.717) is 37.6 Å². The lowest BCUT2D eigenvalue weighted by atomic mass is 10.2. The summed E-state index contributed by atoms with van der Waals surface area (Å²) in [6.45, 7) is 3.18. The molecule has 0 radical (unpaired) electrons. The quantitative estimate of drug-likeness (QED) is 0.535. The molecule has 34 heavy (non-hydrogen) atoms. The summed E-state index contributed by atoms with van der Waals surface area (Å²) in [7, 11) is 3.25. The van der Waals surface area contributed by atoms with E-state index >= 15 is 0 Å². The van der Waals surface area contributed by atoms with Crippen LogP contribution in [0.25, 0.3) is 0 Å². The maximum atomic E-state index is 12.9. The van der Waals surface area contributed by atoms with Crippen molar-refractivity contribution in [2.75, 3.05) is 58.5 Å². The van der Waals surface area contributed by atoms with E-state index in [1.165, 1.54) is 0 Å². The highest BCUT2D eigenvalue weighted by molar-refractivity contribution is 5.81. The number of nitrogens with zero attached hydrogens (tertiary/aromatic N) is 3. The van der Waals surface area contributed by atoms with Crippen LogP contribution in [0.5, 0.6) is 17.2 Å². The van der Waals surface area contributed by atoms with E-state index in [1.54, 1.807) is 31.3 Å². The predicted octanol–water partition coefficient (Wildman–Crippen LogP) is 2.81. The van der Waals surface area contributed by atoms with Gasteiger partial charge in [-0.05, 0) is 37.1 Å². The molecule has 8 heteroatoms. The first-order chi connectivity index (χ1) is 16.6. The second-order valence-electron chi connectivity index (χ2n) is 8.55. The lowest BCUT2D eigenvalue weighted by Gasteiger charge is -2.37. The molecule has 1 saturated heterocycles. The van der Waals surface area contributed by atoms with Gasteiger partial charge >= 0.3 is 0 Å². The Balaban J connectivity index is 1.26. The molecule has 1 aliphatic heterocycles. The lowest BCUT2D eigenvalue weighted by Crippen LogP contribution is -2.49. The van der Waals surface area contributed by atoms with Gasteiger partial charge in [-0.15, -0.1) is 0 Å². The van der Waals surface area contributed by atoms with Crippen LogP contribution in [0.1, 0.15) is 19.3 Å². The minimum atomic E-state index is -0.0952. The van der Waals surface area contributed by atoms with Crippen LogP contribution in [0.15, 0.2) is 48.5 Å². The Hall–Kier alpha value is -3.42. The van der Waals surface area contributed by atoms with Gasteiger partial charge in [0.1, 0.15) is 5.75 Å². The van der Waals surface area contributed by atoms with Crippen LogP contribution >= 0.6 is 0 Å². The van der Waals surface area contributed by atoms with Crippen molar-refractivity contribution in [1.29, 1.82) is 0 Å². The monoisotopic (exact) mass is 467 g/mol. The van der Waals surface area contributed by atoms with Crippen molar-refractivity contribution < 1.29 is 23.8 Å². The topological polar surface area (TPSA) is 71.6 Å². The van der Waals surface area contributed by atoms with E-state index in [4.69, 9.17) is 14.2 Å². The van der Waals surface area contributed by atoms with Crippen LogP contribution in [0.4, 0.5) is 5.69 Å². The molecule has 0 aromatic heterocycles. The highest BCUT2D eigenvalue weighted by Gasteiger charge is 2.33. The second-order valence-corrected chi connectivity index (χ2v) is 8.55. The van der Waals surface area contributed by atoms with Gasteiger partial charge < -0.3 is 28.9 Å². The molecule has 1 heterocycles. The van der Waals surface area contributed by atoms with Gasteiger partial charge in [0.05, 0.1) is 19.9 Å². The van der Waals surface area contributed by atoms with Gasteiger partial charge in [0.25, 0.3) is 5.91 Å². The predicted molar refractivity (Wildman–Crippen MR) is 130 cm³/mol. The van der Waals surface area contributed by atoms with Crippen molar-refractivity contribution in [3.63, 3.8) is 0 Å². The molecule has 2 amide bonds. The van der Waals surface area contributed by atoms with E-state index in [0.717, 1.165) is 37.4 Å². The van der Waals surface area contributed by atoms with E-state index in [2.05, 4.69) is 4.90 Å². The fourth-order valence-corrected chi connectivity index (χ4v) is 4.32. The summed E-state index contributed by atoms with van der Waals surface area (Å²) in [5.41, 5.74) is 1.05. The Morgan fingerprint density at radius 3 is 2.15 bits per heavy atom. The minimum Gasteiger partial charge on any atom is -0.495 e. The number of para-hydroxylation sites is 4. The molecule has 2 aromatic carbocycles. The molecule has 4 rings (SSSR count). The van der Waals surface area contributed by atoms with Crippen LogP contribution in [0.3, 0.4) is 0 Å². The lowest BCUT2D eigenvalue weighted by molar-refractivity contribution is -0.136. The first kappa shape index (κ1) is 23.7. The zero-order valence-electron chi connectivity index (χ0n) is 19.9. The van der Waals surface area contributed by atoms with Crippen LogP contribution in [-0.4, -0.2) is 81.2 Å². The standard InChI is InChI=1S/C26H33N3O5/c1-32-22-8-4-3-7-21(22)27-15-17-28(18-16-27)25(30)13-14-29(20-11-12-20)26(31)19-34-24-10-6-5-9-23(24)33-2/h3-10,20H,11-19H2,1-2H3. The summed E-state index contributed by atoms with van der Waals surface area (Å²) in [6.07, 6.45) is 2.28. The van der Waals surface area contributed by atoms with Crippen molar-refractivity contribution in [1.82, 2.24) is 9.80 Å². The van der Waals surface area contributed by atoms with Gasteiger partial charge in [-0.25, -0.2) is 0 Å². The molecule has 2 fully saturated rings. The molecule has 1 aliphatic carbocycles. The normalized spacial score (nSPS) is 15.6. The average molecular weight is 468 g/mol. The van der Waals surface area contributed by atoms with Crippen molar-refractivity contribution in [3.05, 3.63) is 48.5 Å². The number of benzene rings is 2. The number of carbonyl (C=O) groups excluding carboxylic acids is 2. The van der Waals surface area contributed by atoms with Crippen LogP contribution in [0.2, 0.25) is 0 Å². The molecule has 0 unspecified atom stereocenters. The number of amides is 2. The van der Waals surface area contributed by atoms with E-state index in [9.17, 15) is 9.59 Å².